The number of sulfonamides is 1. The zero-order valence-electron chi connectivity index (χ0n) is 10.1. The Morgan fingerprint density at radius 1 is 1.65 bits per heavy atom. The number of aryl methyl sites for hydroxylation is 2. The second-order valence-electron chi connectivity index (χ2n) is 4.38. The van der Waals surface area contributed by atoms with Crippen molar-refractivity contribution in [3.63, 3.8) is 0 Å². The molecule has 1 aliphatic heterocycles. The second kappa shape index (κ2) is 4.75. The van der Waals surface area contributed by atoms with Crippen molar-refractivity contribution in [1.82, 2.24) is 19.6 Å². The standard InChI is InChI=1S/C10H18N4O2S/c1-8-13-10(7-14(8)2)17(15,16)12-6-9-4-3-5-11-9/h7,9,11-12H,3-6H2,1-2H3/t9-/m0/s1. The Labute approximate surface area is 101 Å². The smallest absolute Gasteiger partial charge is 0.259 e. The van der Waals surface area contributed by atoms with E-state index in [-0.39, 0.29) is 11.1 Å². The molecule has 0 spiro atoms. The first-order valence-electron chi connectivity index (χ1n) is 5.72. The zero-order valence-corrected chi connectivity index (χ0v) is 10.9. The predicted molar refractivity (Wildman–Crippen MR) is 64.2 cm³/mol. The second-order valence-corrected chi connectivity index (χ2v) is 6.10. The molecule has 0 aromatic carbocycles. The highest BCUT2D eigenvalue weighted by Crippen LogP contribution is 2.09. The first-order chi connectivity index (χ1) is 7.99. The minimum absolute atomic E-state index is 0.0931. The average molecular weight is 258 g/mol. The van der Waals surface area contributed by atoms with Gasteiger partial charge in [0.15, 0.2) is 5.03 Å². The van der Waals surface area contributed by atoms with E-state index in [0.29, 0.717) is 12.4 Å². The van der Waals surface area contributed by atoms with Gasteiger partial charge in [0.1, 0.15) is 5.82 Å². The van der Waals surface area contributed by atoms with Gasteiger partial charge < -0.3 is 9.88 Å². The molecule has 7 heteroatoms. The van der Waals surface area contributed by atoms with E-state index >= 15 is 0 Å². The molecule has 0 unspecified atom stereocenters. The summed E-state index contributed by atoms with van der Waals surface area (Å²) in [5, 5.41) is 3.34. The van der Waals surface area contributed by atoms with Crippen molar-refractivity contribution in [2.45, 2.75) is 30.8 Å². The molecule has 1 aromatic heterocycles. The maximum atomic E-state index is 11.9. The number of imidazole rings is 1. The van der Waals surface area contributed by atoms with Crippen LogP contribution in [0.4, 0.5) is 0 Å². The van der Waals surface area contributed by atoms with Gasteiger partial charge in [-0.3, -0.25) is 0 Å². The predicted octanol–water partition coefficient (Wildman–Crippen LogP) is -0.241. The van der Waals surface area contributed by atoms with E-state index in [4.69, 9.17) is 0 Å². The lowest BCUT2D eigenvalue weighted by molar-refractivity contribution is 0.549. The Balaban J connectivity index is 2.03. The van der Waals surface area contributed by atoms with E-state index in [0.717, 1.165) is 19.4 Å². The number of aromatic nitrogens is 2. The van der Waals surface area contributed by atoms with E-state index in [2.05, 4.69) is 15.0 Å². The van der Waals surface area contributed by atoms with Crippen LogP contribution in [0.3, 0.4) is 0 Å². The largest absolute Gasteiger partial charge is 0.337 e. The number of rotatable bonds is 4. The number of nitrogens with zero attached hydrogens (tertiary/aromatic N) is 2. The molecule has 1 fully saturated rings. The molecule has 6 nitrogen and oxygen atoms in total. The van der Waals surface area contributed by atoms with Gasteiger partial charge in [-0.1, -0.05) is 0 Å². The van der Waals surface area contributed by atoms with Crippen molar-refractivity contribution in [2.24, 2.45) is 7.05 Å². The summed E-state index contributed by atoms with van der Waals surface area (Å²) in [7, 11) is -1.69. The van der Waals surface area contributed by atoms with Gasteiger partial charge >= 0.3 is 0 Å². The molecule has 2 heterocycles. The Kier molecular flexibility index (Phi) is 3.50. The van der Waals surface area contributed by atoms with Crippen molar-refractivity contribution < 1.29 is 8.42 Å². The molecule has 0 saturated carbocycles. The van der Waals surface area contributed by atoms with Crippen LogP contribution in [0.1, 0.15) is 18.7 Å². The summed E-state index contributed by atoms with van der Waals surface area (Å²) in [4.78, 5) is 4.02. The summed E-state index contributed by atoms with van der Waals surface area (Å²) < 4.78 is 28.2. The Morgan fingerprint density at radius 3 is 2.94 bits per heavy atom. The number of hydrogen-bond donors (Lipinski definition) is 2. The van der Waals surface area contributed by atoms with Crippen LogP contribution in [-0.4, -0.2) is 37.1 Å². The summed E-state index contributed by atoms with van der Waals surface area (Å²) in [6.07, 6.45) is 3.65. The average Bonchev–Trinajstić information content (AvgIpc) is 2.87. The van der Waals surface area contributed by atoms with Crippen molar-refractivity contribution in [3.05, 3.63) is 12.0 Å². The van der Waals surface area contributed by atoms with E-state index in [1.165, 1.54) is 6.20 Å². The van der Waals surface area contributed by atoms with Crippen LogP contribution in [0.25, 0.3) is 0 Å². The fourth-order valence-electron chi connectivity index (χ4n) is 1.87. The third kappa shape index (κ3) is 2.85. The Bertz CT molecular complexity index is 469. The van der Waals surface area contributed by atoms with Crippen molar-refractivity contribution in [1.29, 1.82) is 0 Å². The SMILES string of the molecule is Cc1nc(S(=O)(=O)NC[C@@H]2CCCN2)cn1C. The quantitative estimate of drug-likeness (QED) is 0.781. The van der Waals surface area contributed by atoms with Gasteiger partial charge in [0.2, 0.25) is 0 Å². The first kappa shape index (κ1) is 12.5. The molecular formula is C10H18N4O2S. The number of nitrogens with one attached hydrogen (secondary N) is 2. The van der Waals surface area contributed by atoms with Gasteiger partial charge in [-0.2, -0.15) is 0 Å². The van der Waals surface area contributed by atoms with Gasteiger partial charge in [0.05, 0.1) is 0 Å². The van der Waals surface area contributed by atoms with Crippen LogP contribution in [-0.2, 0) is 17.1 Å². The van der Waals surface area contributed by atoms with Crippen LogP contribution in [0.15, 0.2) is 11.2 Å². The highest BCUT2D eigenvalue weighted by molar-refractivity contribution is 7.89. The lowest BCUT2D eigenvalue weighted by atomic mass is 10.2. The molecule has 0 radical (unpaired) electrons. The van der Waals surface area contributed by atoms with E-state index in [1.54, 1.807) is 18.5 Å². The maximum absolute atomic E-state index is 11.9. The van der Waals surface area contributed by atoms with Crippen LogP contribution < -0.4 is 10.0 Å². The van der Waals surface area contributed by atoms with Crippen LogP contribution in [0.5, 0.6) is 0 Å². The first-order valence-corrected chi connectivity index (χ1v) is 7.20. The summed E-state index contributed by atoms with van der Waals surface area (Å²) in [5.41, 5.74) is 0. The summed E-state index contributed by atoms with van der Waals surface area (Å²) in [6, 6.07) is 0.245. The molecule has 1 saturated heterocycles. The third-order valence-electron chi connectivity index (χ3n) is 3.04. The molecule has 2 rings (SSSR count). The number of hydrogen-bond acceptors (Lipinski definition) is 4. The van der Waals surface area contributed by atoms with Crippen molar-refractivity contribution >= 4 is 10.0 Å². The lowest BCUT2D eigenvalue weighted by Crippen LogP contribution is -2.37. The van der Waals surface area contributed by atoms with Crippen molar-refractivity contribution in [2.75, 3.05) is 13.1 Å². The van der Waals surface area contributed by atoms with Gasteiger partial charge in [0, 0.05) is 25.8 Å². The van der Waals surface area contributed by atoms with E-state index in [1.807, 2.05) is 0 Å². The minimum Gasteiger partial charge on any atom is -0.337 e. The molecule has 17 heavy (non-hydrogen) atoms. The van der Waals surface area contributed by atoms with Crippen LogP contribution in [0.2, 0.25) is 0 Å². The molecule has 0 amide bonds. The molecule has 1 atom stereocenters. The van der Waals surface area contributed by atoms with Gasteiger partial charge in [0.25, 0.3) is 10.0 Å². The Morgan fingerprint density at radius 2 is 2.41 bits per heavy atom. The molecule has 96 valence electrons. The lowest BCUT2D eigenvalue weighted by Gasteiger charge is -2.10. The van der Waals surface area contributed by atoms with Gasteiger partial charge in [-0.15, -0.1) is 0 Å². The summed E-state index contributed by atoms with van der Waals surface area (Å²) >= 11 is 0. The Hall–Kier alpha value is -0.920. The maximum Gasteiger partial charge on any atom is 0.259 e. The summed E-state index contributed by atoms with van der Waals surface area (Å²) in [6.45, 7) is 3.17. The van der Waals surface area contributed by atoms with Gasteiger partial charge in [-0.05, 0) is 26.3 Å². The fraction of sp³-hybridized carbons (Fsp3) is 0.700. The topological polar surface area (TPSA) is 76.0 Å². The molecule has 0 bridgehead atoms. The van der Waals surface area contributed by atoms with E-state index in [9.17, 15) is 8.42 Å². The van der Waals surface area contributed by atoms with E-state index < -0.39 is 10.0 Å². The normalized spacial score (nSPS) is 20.9. The highest BCUT2D eigenvalue weighted by Gasteiger charge is 2.21. The molecule has 1 aromatic rings. The minimum atomic E-state index is -3.47. The fourth-order valence-corrected chi connectivity index (χ4v) is 2.99. The van der Waals surface area contributed by atoms with Crippen molar-refractivity contribution in [3.8, 4) is 0 Å². The summed E-state index contributed by atoms with van der Waals surface area (Å²) in [5.74, 6) is 0.685. The zero-order chi connectivity index (χ0) is 12.5. The third-order valence-corrected chi connectivity index (χ3v) is 4.34. The molecule has 1 aliphatic rings. The highest BCUT2D eigenvalue weighted by atomic mass is 32.2. The van der Waals surface area contributed by atoms with Crippen LogP contribution in [0, 0.1) is 6.92 Å². The molecule has 0 aliphatic carbocycles. The van der Waals surface area contributed by atoms with Gasteiger partial charge in [-0.25, -0.2) is 18.1 Å². The monoisotopic (exact) mass is 258 g/mol. The molecule has 2 N–H and O–H groups in total. The van der Waals surface area contributed by atoms with Crippen LogP contribution >= 0.6 is 0 Å². The molecular weight excluding hydrogens is 240 g/mol.